The highest BCUT2D eigenvalue weighted by Crippen LogP contribution is 2.74. The van der Waals surface area contributed by atoms with Gasteiger partial charge in [0.25, 0.3) is 0 Å². The molecule has 0 amide bonds. The van der Waals surface area contributed by atoms with Gasteiger partial charge in [-0.3, -0.25) is 4.79 Å². The molecule has 25 heavy (non-hydrogen) atoms. The third-order valence-electron chi connectivity index (χ3n) is 9.43. The van der Waals surface area contributed by atoms with Crippen molar-refractivity contribution in [3.05, 3.63) is 0 Å². The minimum atomic E-state index is -0.376. The van der Waals surface area contributed by atoms with Gasteiger partial charge in [-0.25, -0.2) is 0 Å². The lowest BCUT2D eigenvalue weighted by molar-refractivity contribution is -0.234. The van der Waals surface area contributed by atoms with E-state index in [2.05, 4.69) is 13.8 Å². The fourth-order valence-electron chi connectivity index (χ4n) is 8.24. The van der Waals surface area contributed by atoms with E-state index in [-0.39, 0.29) is 28.1 Å². The molecule has 6 aliphatic rings. The monoisotopic (exact) mass is 346 g/mol. The van der Waals surface area contributed by atoms with Gasteiger partial charge in [0.2, 0.25) is 0 Å². The molecule has 2 saturated heterocycles. The quantitative estimate of drug-likeness (QED) is 0.630. The fraction of sp³-hybridized carbons (Fsp3) is 0.952. The van der Waals surface area contributed by atoms with Gasteiger partial charge in [0.15, 0.2) is 5.79 Å². The smallest absolute Gasteiger partial charge is 0.169 e. The van der Waals surface area contributed by atoms with E-state index in [1.165, 1.54) is 12.8 Å². The number of fused-ring (bicyclic) bond motifs is 4. The van der Waals surface area contributed by atoms with Gasteiger partial charge in [-0.05, 0) is 49.4 Å². The summed E-state index contributed by atoms with van der Waals surface area (Å²) in [5.74, 6) is 1.52. The van der Waals surface area contributed by atoms with Gasteiger partial charge in [0.1, 0.15) is 11.4 Å². The molecule has 0 aromatic rings. The predicted molar refractivity (Wildman–Crippen MR) is 90.9 cm³/mol. The van der Waals surface area contributed by atoms with Crippen LogP contribution in [0.1, 0.15) is 65.2 Å². The molecule has 2 aliphatic heterocycles. The molecule has 4 aliphatic carbocycles. The third-order valence-corrected chi connectivity index (χ3v) is 9.43. The Balaban J connectivity index is 1.40. The molecule has 0 bridgehead atoms. The van der Waals surface area contributed by atoms with Crippen LogP contribution in [0.4, 0.5) is 0 Å². The molecule has 2 spiro atoms. The van der Waals surface area contributed by atoms with Crippen molar-refractivity contribution in [2.24, 2.45) is 28.6 Å². The summed E-state index contributed by atoms with van der Waals surface area (Å²) in [7, 11) is 0. The van der Waals surface area contributed by atoms with Crippen molar-refractivity contribution < 1.29 is 19.0 Å². The molecule has 0 radical (unpaired) electrons. The van der Waals surface area contributed by atoms with Crippen LogP contribution in [-0.2, 0) is 19.0 Å². The van der Waals surface area contributed by atoms with Crippen LogP contribution in [0.2, 0.25) is 0 Å². The lowest BCUT2D eigenvalue weighted by atomic mass is 9.44. The molecule has 0 unspecified atom stereocenters. The number of ketones is 1. The molecule has 4 nitrogen and oxygen atoms in total. The SMILES string of the molecule is C[C@@]12CCC(=O)[C@@H]1[C@@H]1C[C@@H]3O[C@]34CCC3(C[C@]4(C)[C@@H]1CC2)OCCO3. The Labute approximate surface area is 150 Å². The first-order valence-corrected chi connectivity index (χ1v) is 10.4. The zero-order chi connectivity index (χ0) is 17.1. The summed E-state index contributed by atoms with van der Waals surface area (Å²) in [5, 5.41) is 0. The van der Waals surface area contributed by atoms with Crippen LogP contribution >= 0.6 is 0 Å². The molecule has 138 valence electrons. The first-order valence-electron chi connectivity index (χ1n) is 10.4. The summed E-state index contributed by atoms with van der Waals surface area (Å²) in [6, 6.07) is 0. The molecule has 6 fully saturated rings. The number of carbonyl (C=O) groups is 1. The number of hydrogen-bond acceptors (Lipinski definition) is 4. The van der Waals surface area contributed by atoms with Crippen molar-refractivity contribution in [3.63, 3.8) is 0 Å². The average molecular weight is 346 g/mol. The van der Waals surface area contributed by atoms with Crippen LogP contribution in [0.5, 0.6) is 0 Å². The fourth-order valence-corrected chi connectivity index (χ4v) is 8.24. The summed E-state index contributed by atoms with van der Waals surface area (Å²) in [6.07, 6.45) is 8.82. The maximum Gasteiger partial charge on any atom is 0.169 e. The number of ether oxygens (including phenoxy) is 3. The second kappa shape index (κ2) is 4.51. The van der Waals surface area contributed by atoms with Crippen LogP contribution < -0.4 is 0 Å². The van der Waals surface area contributed by atoms with Crippen molar-refractivity contribution in [3.8, 4) is 0 Å². The van der Waals surface area contributed by atoms with Gasteiger partial charge >= 0.3 is 0 Å². The zero-order valence-corrected chi connectivity index (χ0v) is 15.5. The number of rotatable bonds is 0. The van der Waals surface area contributed by atoms with Gasteiger partial charge in [0.05, 0.1) is 19.3 Å². The van der Waals surface area contributed by atoms with Crippen molar-refractivity contribution in [2.75, 3.05) is 13.2 Å². The van der Waals surface area contributed by atoms with Crippen molar-refractivity contribution >= 4 is 5.78 Å². The molecule has 6 rings (SSSR count). The van der Waals surface area contributed by atoms with E-state index in [0.717, 1.165) is 51.7 Å². The van der Waals surface area contributed by atoms with E-state index in [1.807, 2.05) is 0 Å². The standard InChI is InChI=1S/C21H30O4/c1-18-5-3-14-13(17(18)15(22)4-6-18)11-16-21(25-16)8-7-20(12-19(14,21)2)23-9-10-24-20/h13-14,16-17H,3-12H2,1-2H3/t13-,14-,16+,17+,18-,19-,21-/m1/s1. The van der Waals surface area contributed by atoms with Crippen LogP contribution in [0.3, 0.4) is 0 Å². The van der Waals surface area contributed by atoms with Crippen molar-refractivity contribution in [1.29, 1.82) is 0 Å². The van der Waals surface area contributed by atoms with Crippen LogP contribution in [0, 0.1) is 28.6 Å². The molecular formula is C21H30O4. The van der Waals surface area contributed by atoms with Crippen LogP contribution in [0.25, 0.3) is 0 Å². The summed E-state index contributed by atoms with van der Waals surface area (Å²) >= 11 is 0. The lowest BCUT2D eigenvalue weighted by Crippen LogP contribution is -2.61. The Kier molecular flexibility index (Phi) is 2.81. The topological polar surface area (TPSA) is 48.1 Å². The number of carbonyl (C=O) groups excluding carboxylic acids is 1. The van der Waals surface area contributed by atoms with E-state index in [4.69, 9.17) is 14.2 Å². The first kappa shape index (κ1) is 15.6. The van der Waals surface area contributed by atoms with E-state index >= 15 is 0 Å². The first-order chi connectivity index (χ1) is 11.9. The van der Waals surface area contributed by atoms with Gasteiger partial charge < -0.3 is 14.2 Å². The Morgan fingerprint density at radius 3 is 2.64 bits per heavy atom. The lowest BCUT2D eigenvalue weighted by Gasteiger charge is -2.59. The predicted octanol–water partition coefficient (Wildman–Crippen LogP) is 3.47. The van der Waals surface area contributed by atoms with Crippen molar-refractivity contribution in [2.45, 2.75) is 82.7 Å². The Bertz CT molecular complexity index is 640. The molecule has 7 atom stereocenters. The number of Topliss-reactive ketones (excluding diaryl/α,β-unsaturated/α-hetero) is 1. The highest BCUT2D eigenvalue weighted by atomic mass is 16.7. The van der Waals surface area contributed by atoms with Gasteiger partial charge in [-0.2, -0.15) is 0 Å². The molecular weight excluding hydrogens is 316 g/mol. The second-order valence-electron chi connectivity index (χ2n) is 10.3. The Morgan fingerprint density at radius 1 is 1.04 bits per heavy atom. The summed E-state index contributed by atoms with van der Waals surface area (Å²) < 4.78 is 18.7. The maximum absolute atomic E-state index is 12.8. The van der Waals surface area contributed by atoms with Crippen molar-refractivity contribution in [1.82, 2.24) is 0 Å². The second-order valence-corrected chi connectivity index (χ2v) is 10.3. The van der Waals surface area contributed by atoms with E-state index in [0.29, 0.717) is 23.7 Å². The van der Waals surface area contributed by atoms with E-state index in [9.17, 15) is 4.79 Å². The van der Waals surface area contributed by atoms with Gasteiger partial charge in [0, 0.05) is 30.6 Å². The maximum atomic E-state index is 12.8. The summed E-state index contributed by atoms with van der Waals surface area (Å²) in [4.78, 5) is 12.8. The van der Waals surface area contributed by atoms with E-state index < -0.39 is 0 Å². The zero-order valence-electron chi connectivity index (χ0n) is 15.5. The molecule has 0 aromatic carbocycles. The normalized spacial score (nSPS) is 58.4. The molecule has 2 heterocycles. The minimum Gasteiger partial charge on any atom is -0.365 e. The van der Waals surface area contributed by atoms with Crippen LogP contribution in [-0.4, -0.2) is 36.5 Å². The third kappa shape index (κ3) is 1.73. The average Bonchev–Trinajstić information content (AvgIpc) is 2.95. The minimum absolute atomic E-state index is 0.0458. The summed E-state index contributed by atoms with van der Waals surface area (Å²) in [6.45, 7) is 6.27. The number of hydrogen-bond donors (Lipinski definition) is 0. The largest absolute Gasteiger partial charge is 0.365 e. The molecule has 0 N–H and O–H groups in total. The molecule has 4 saturated carbocycles. The highest BCUT2D eigenvalue weighted by molar-refractivity contribution is 5.84. The number of epoxide rings is 1. The van der Waals surface area contributed by atoms with Gasteiger partial charge in [-0.1, -0.05) is 13.8 Å². The van der Waals surface area contributed by atoms with E-state index in [1.54, 1.807) is 0 Å². The summed E-state index contributed by atoms with van der Waals surface area (Å²) in [5.41, 5.74) is 0.383. The van der Waals surface area contributed by atoms with Crippen LogP contribution in [0.15, 0.2) is 0 Å². The van der Waals surface area contributed by atoms with Gasteiger partial charge in [-0.15, -0.1) is 0 Å². The molecule has 4 heteroatoms. The Hall–Kier alpha value is -0.450. The highest BCUT2D eigenvalue weighted by Gasteiger charge is 2.78. The Morgan fingerprint density at radius 2 is 1.84 bits per heavy atom. The molecule has 0 aromatic heterocycles.